The first-order valence-electron chi connectivity index (χ1n) is 9.41. The van der Waals surface area contributed by atoms with Gasteiger partial charge >= 0.3 is 5.97 Å². The van der Waals surface area contributed by atoms with Crippen molar-refractivity contribution in [3.8, 4) is 0 Å². The zero-order valence-electron chi connectivity index (χ0n) is 15.3. The van der Waals surface area contributed by atoms with Crippen LogP contribution in [0.5, 0.6) is 0 Å². The van der Waals surface area contributed by atoms with Gasteiger partial charge in [0.15, 0.2) is 5.76 Å². The van der Waals surface area contributed by atoms with Crippen LogP contribution in [0.1, 0.15) is 47.7 Å². The molecule has 0 spiro atoms. The Morgan fingerprint density at radius 1 is 1.25 bits per heavy atom. The van der Waals surface area contributed by atoms with E-state index in [1.165, 1.54) is 6.26 Å². The van der Waals surface area contributed by atoms with Gasteiger partial charge in [0.2, 0.25) is 0 Å². The summed E-state index contributed by atoms with van der Waals surface area (Å²) in [5.41, 5.74) is 5.97. The Hall–Kier alpha value is -2.93. The summed E-state index contributed by atoms with van der Waals surface area (Å²) in [6.45, 7) is 0. The average Bonchev–Trinajstić information content (AvgIpc) is 3.37. The van der Waals surface area contributed by atoms with Crippen LogP contribution < -0.4 is 10.6 Å². The number of para-hydroxylation sites is 1. The molecule has 3 N–H and O–H groups in total. The molecule has 2 aromatic rings. The molecule has 1 aliphatic carbocycles. The van der Waals surface area contributed by atoms with Crippen molar-refractivity contribution in [2.24, 2.45) is 11.7 Å². The molecule has 2 aliphatic rings. The van der Waals surface area contributed by atoms with Gasteiger partial charge in [-0.25, -0.2) is 0 Å². The number of nitrogens with two attached hydrogens (primary N) is 1. The number of nitrogens with zero attached hydrogens (tertiary/aromatic N) is 1. The van der Waals surface area contributed by atoms with E-state index in [1.807, 2.05) is 12.1 Å². The maximum absolute atomic E-state index is 13.2. The topological polar surface area (TPSA) is 114 Å². The first kappa shape index (κ1) is 18.4. The summed E-state index contributed by atoms with van der Waals surface area (Å²) in [4.78, 5) is 38.3. The largest absolute Gasteiger partial charge is 0.480 e. The number of carbonyl (C=O) groups excluding carboxylic acids is 2. The van der Waals surface area contributed by atoms with Crippen molar-refractivity contribution in [1.82, 2.24) is 0 Å². The second kappa shape index (κ2) is 6.91. The number of benzene rings is 1. The smallest absolute Gasteiger partial charge is 0.324 e. The van der Waals surface area contributed by atoms with Crippen molar-refractivity contribution in [3.63, 3.8) is 0 Å². The summed E-state index contributed by atoms with van der Waals surface area (Å²) >= 11 is 0. The number of aldehydes is 1. The first-order chi connectivity index (χ1) is 13.5. The lowest BCUT2D eigenvalue weighted by molar-refractivity contribution is -0.146. The fourth-order valence-electron chi connectivity index (χ4n) is 4.98. The van der Waals surface area contributed by atoms with E-state index in [-0.39, 0.29) is 30.0 Å². The van der Waals surface area contributed by atoms with Gasteiger partial charge in [-0.3, -0.25) is 9.59 Å². The van der Waals surface area contributed by atoms with Crippen LogP contribution in [-0.4, -0.2) is 34.8 Å². The van der Waals surface area contributed by atoms with Crippen LogP contribution in [0.3, 0.4) is 0 Å². The van der Waals surface area contributed by atoms with Gasteiger partial charge in [0.25, 0.3) is 5.91 Å². The van der Waals surface area contributed by atoms with E-state index in [9.17, 15) is 19.5 Å². The standard InChI is InChI=1S/C21H22N2O5/c22-21(10-11-24,20(26)27)18-13-5-1-2-7-15(13)23(16-8-3-6-14(16)18)19(25)17-9-4-12-28-17/h1-2,4-5,7,9,11-12,14,16,18H,3,6,8,10,22H2,(H,26,27). The molecule has 1 aliphatic heterocycles. The number of fused-ring (bicyclic) bond motifs is 2. The predicted octanol–water partition coefficient (Wildman–Crippen LogP) is 2.56. The normalized spacial score (nSPS) is 25.5. The highest BCUT2D eigenvalue weighted by molar-refractivity contribution is 6.06. The average molecular weight is 382 g/mol. The number of hydrogen-bond donors (Lipinski definition) is 2. The number of carboxylic acids is 1. The summed E-state index contributed by atoms with van der Waals surface area (Å²) < 4.78 is 5.33. The van der Waals surface area contributed by atoms with E-state index in [4.69, 9.17) is 10.2 Å². The third kappa shape index (κ3) is 2.65. The zero-order chi connectivity index (χ0) is 19.9. The summed E-state index contributed by atoms with van der Waals surface area (Å²) in [5.74, 6) is -1.91. The van der Waals surface area contributed by atoms with Crippen molar-refractivity contribution in [1.29, 1.82) is 0 Å². The van der Waals surface area contributed by atoms with Gasteiger partial charge < -0.3 is 25.0 Å². The van der Waals surface area contributed by atoms with Gasteiger partial charge in [-0.15, -0.1) is 0 Å². The molecule has 7 nitrogen and oxygen atoms in total. The lowest BCUT2D eigenvalue weighted by Crippen LogP contribution is -2.60. The molecule has 0 radical (unpaired) electrons. The summed E-state index contributed by atoms with van der Waals surface area (Å²) in [6.07, 6.45) is 4.10. The number of hydrogen-bond acceptors (Lipinski definition) is 5. The van der Waals surface area contributed by atoms with Gasteiger partial charge in [0.1, 0.15) is 11.8 Å². The van der Waals surface area contributed by atoms with Crippen LogP contribution in [0, 0.1) is 5.92 Å². The SMILES string of the molecule is NC(CC=O)(C(=O)O)C1c2ccccc2N(C(=O)c2ccco2)C2CCCC21. The molecular formula is C21H22N2O5. The molecule has 4 unspecified atom stereocenters. The van der Waals surface area contributed by atoms with Crippen LogP contribution in [0.15, 0.2) is 47.1 Å². The quantitative estimate of drug-likeness (QED) is 0.768. The number of furan rings is 1. The van der Waals surface area contributed by atoms with Gasteiger partial charge in [-0.05, 0) is 42.5 Å². The molecule has 4 atom stereocenters. The molecule has 4 rings (SSSR count). The van der Waals surface area contributed by atoms with Gasteiger partial charge in [-0.1, -0.05) is 24.6 Å². The second-order valence-corrected chi connectivity index (χ2v) is 7.57. The molecular weight excluding hydrogens is 360 g/mol. The molecule has 1 aromatic carbocycles. The fourth-order valence-corrected chi connectivity index (χ4v) is 4.98. The summed E-state index contributed by atoms with van der Waals surface area (Å²) in [6, 6.07) is 10.3. The Kier molecular flexibility index (Phi) is 4.55. The molecule has 1 fully saturated rings. The Bertz CT molecular complexity index is 909. The predicted molar refractivity (Wildman–Crippen MR) is 101 cm³/mol. The number of carbonyl (C=O) groups is 3. The Balaban J connectivity index is 1.89. The van der Waals surface area contributed by atoms with Crippen LogP contribution >= 0.6 is 0 Å². The molecule has 7 heteroatoms. The maximum Gasteiger partial charge on any atom is 0.324 e. The highest BCUT2D eigenvalue weighted by Gasteiger charge is 2.55. The van der Waals surface area contributed by atoms with Gasteiger partial charge in [0, 0.05) is 24.1 Å². The molecule has 0 bridgehead atoms. The lowest BCUT2D eigenvalue weighted by atomic mass is 9.66. The molecule has 2 heterocycles. The highest BCUT2D eigenvalue weighted by atomic mass is 16.4. The second-order valence-electron chi connectivity index (χ2n) is 7.57. The first-order valence-corrected chi connectivity index (χ1v) is 9.41. The number of rotatable bonds is 5. The Morgan fingerprint density at radius 3 is 2.71 bits per heavy atom. The van der Waals surface area contributed by atoms with Crippen LogP contribution in [0.2, 0.25) is 0 Å². The molecule has 1 saturated carbocycles. The van der Waals surface area contributed by atoms with Crippen molar-refractivity contribution in [2.45, 2.75) is 43.2 Å². The van der Waals surface area contributed by atoms with E-state index < -0.39 is 17.4 Å². The zero-order valence-corrected chi connectivity index (χ0v) is 15.3. The number of anilines is 1. The van der Waals surface area contributed by atoms with E-state index in [0.29, 0.717) is 17.5 Å². The van der Waals surface area contributed by atoms with Crippen molar-refractivity contribution in [3.05, 3.63) is 54.0 Å². The van der Waals surface area contributed by atoms with Crippen molar-refractivity contribution >= 4 is 23.9 Å². The number of aliphatic carboxylic acids is 1. The van der Waals surface area contributed by atoms with Crippen LogP contribution in [0.4, 0.5) is 5.69 Å². The number of carboxylic acid groups (broad SMARTS) is 1. The Labute approximate surface area is 162 Å². The fraction of sp³-hybridized carbons (Fsp3) is 0.381. The minimum Gasteiger partial charge on any atom is -0.480 e. The minimum absolute atomic E-state index is 0.144. The number of amides is 1. The maximum atomic E-state index is 13.2. The Morgan fingerprint density at radius 2 is 2.04 bits per heavy atom. The van der Waals surface area contributed by atoms with E-state index in [0.717, 1.165) is 19.3 Å². The third-order valence-electron chi connectivity index (χ3n) is 6.15. The van der Waals surface area contributed by atoms with Crippen molar-refractivity contribution in [2.75, 3.05) is 4.90 Å². The van der Waals surface area contributed by atoms with Crippen LogP contribution in [-0.2, 0) is 9.59 Å². The van der Waals surface area contributed by atoms with Gasteiger partial charge in [0.05, 0.1) is 6.26 Å². The summed E-state index contributed by atoms with van der Waals surface area (Å²) in [5, 5.41) is 9.91. The van der Waals surface area contributed by atoms with Crippen molar-refractivity contribution < 1.29 is 23.9 Å². The molecule has 0 saturated heterocycles. The van der Waals surface area contributed by atoms with Crippen LogP contribution in [0.25, 0.3) is 0 Å². The van der Waals surface area contributed by atoms with E-state index >= 15 is 0 Å². The third-order valence-corrected chi connectivity index (χ3v) is 6.15. The minimum atomic E-state index is -1.72. The lowest BCUT2D eigenvalue weighted by Gasteiger charge is -2.48. The van der Waals surface area contributed by atoms with E-state index in [1.54, 1.807) is 29.2 Å². The molecule has 28 heavy (non-hydrogen) atoms. The van der Waals surface area contributed by atoms with E-state index in [2.05, 4.69) is 0 Å². The molecule has 1 amide bonds. The van der Waals surface area contributed by atoms with Gasteiger partial charge in [-0.2, -0.15) is 0 Å². The summed E-state index contributed by atoms with van der Waals surface area (Å²) in [7, 11) is 0. The molecule has 146 valence electrons. The monoisotopic (exact) mass is 382 g/mol. The highest BCUT2D eigenvalue weighted by Crippen LogP contribution is 2.53. The molecule has 1 aromatic heterocycles.